The second-order valence-corrected chi connectivity index (χ2v) is 18.8. The van der Waals surface area contributed by atoms with Gasteiger partial charge in [0.05, 0.1) is 18.8 Å². The molecule has 0 unspecified atom stereocenters. The van der Waals surface area contributed by atoms with Gasteiger partial charge in [0.1, 0.15) is 36.1 Å². The van der Waals surface area contributed by atoms with Gasteiger partial charge in [-0.25, -0.2) is 0 Å². The van der Waals surface area contributed by atoms with Crippen LogP contribution in [0.3, 0.4) is 0 Å². The number of hydrogen-bond acceptors (Lipinski definition) is 10. The first kappa shape index (κ1) is 33.3. The van der Waals surface area contributed by atoms with Crippen LogP contribution in [0.2, 0.25) is 0 Å². The average Bonchev–Trinajstić information content (AvgIpc) is 3.49. The topological polar surface area (TPSA) is 144 Å². The zero-order chi connectivity index (χ0) is 33.9. The highest BCUT2D eigenvalue weighted by molar-refractivity contribution is 5.66. The first-order valence-corrected chi connectivity index (χ1v) is 18.4. The molecule has 4 N–H and O–H groups in total. The zero-order valence-corrected chi connectivity index (χ0v) is 29.5. The maximum Gasteiger partial charge on any atom is 0.303 e. The predicted octanol–water partition coefficient (Wildman–Crippen LogP) is 3.69. The molecule has 10 heteroatoms. The molecule has 5 saturated carbocycles. The van der Waals surface area contributed by atoms with E-state index < -0.39 is 53.6 Å². The lowest BCUT2D eigenvalue weighted by atomic mass is 9.41. The van der Waals surface area contributed by atoms with E-state index in [1.54, 1.807) is 0 Å². The molecule has 3 saturated heterocycles. The largest absolute Gasteiger partial charge is 0.457 e. The molecule has 0 aromatic carbocycles. The van der Waals surface area contributed by atoms with Crippen LogP contribution in [0.15, 0.2) is 0 Å². The number of rotatable bonds is 4. The van der Waals surface area contributed by atoms with Crippen molar-refractivity contribution in [2.24, 2.45) is 50.7 Å². The van der Waals surface area contributed by atoms with E-state index in [0.717, 1.165) is 51.4 Å². The van der Waals surface area contributed by atoms with Gasteiger partial charge in [-0.1, -0.05) is 34.6 Å². The van der Waals surface area contributed by atoms with Crippen molar-refractivity contribution < 1.29 is 48.9 Å². The zero-order valence-electron chi connectivity index (χ0n) is 29.5. The van der Waals surface area contributed by atoms with E-state index in [4.69, 9.17) is 23.7 Å². The smallest absolute Gasteiger partial charge is 0.303 e. The number of carbonyl (C=O) groups excluding carboxylic acids is 1. The molecule has 0 amide bonds. The van der Waals surface area contributed by atoms with Gasteiger partial charge in [0.15, 0.2) is 12.1 Å². The van der Waals surface area contributed by atoms with Gasteiger partial charge in [-0.15, -0.1) is 0 Å². The van der Waals surface area contributed by atoms with Crippen molar-refractivity contribution in [1.29, 1.82) is 0 Å². The second-order valence-electron chi connectivity index (χ2n) is 18.8. The fourth-order valence-corrected chi connectivity index (χ4v) is 14.4. The van der Waals surface area contributed by atoms with Crippen LogP contribution in [0.4, 0.5) is 0 Å². The van der Waals surface area contributed by atoms with Gasteiger partial charge in [-0.05, 0) is 105 Å². The second kappa shape index (κ2) is 9.93. The van der Waals surface area contributed by atoms with Crippen LogP contribution in [0.5, 0.6) is 0 Å². The Morgan fingerprint density at radius 3 is 2.28 bits per heavy atom. The van der Waals surface area contributed by atoms with Gasteiger partial charge in [0, 0.05) is 18.3 Å². The van der Waals surface area contributed by atoms with Crippen molar-refractivity contribution in [3.8, 4) is 0 Å². The number of aliphatic hydroxyl groups excluding tert-OH is 4. The van der Waals surface area contributed by atoms with Crippen LogP contribution >= 0.6 is 0 Å². The molecule has 47 heavy (non-hydrogen) atoms. The van der Waals surface area contributed by atoms with E-state index in [1.165, 1.54) is 6.92 Å². The SMILES string of the molecule is CC(=O)OC(C)(C)[C@H]1O[C@@]23O[C@H]1C[C@@H](C)[C@@H]2[C@@]1(C)CC[C@]24C[C@@]25CC[C@H](O[C@@H]2OC[C@@H](O)[C@H](O)[C@H]2O)C(C)(C)[C@@H]5CC[C@H]4[C@]1(C)[C@@H]3O. The van der Waals surface area contributed by atoms with E-state index in [2.05, 4.69) is 34.6 Å². The number of ether oxygens (including phenoxy) is 5. The van der Waals surface area contributed by atoms with Crippen molar-refractivity contribution in [1.82, 2.24) is 0 Å². The minimum absolute atomic E-state index is 0.0329. The molecule has 0 radical (unpaired) electrons. The molecule has 2 bridgehead atoms. The summed E-state index contributed by atoms with van der Waals surface area (Å²) in [7, 11) is 0. The van der Waals surface area contributed by atoms with Crippen molar-refractivity contribution in [2.75, 3.05) is 6.61 Å². The van der Waals surface area contributed by atoms with Crippen molar-refractivity contribution in [3.63, 3.8) is 0 Å². The summed E-state index contributed by atoms with van der Waals surface area (Å²) in [5.41, 5.74) is -1.36. The highest BCUT2D eigenvalue weighted by Crippen LogP contribution is 2.90. The van der Waals surface area contributed by atoms with Crippen LogP contribution in [-0.2, 0) is 28.5 Å². The standard InChI is InChI=1S/C37H58O10/c1-18-15-21-28(32(5,6)45-19(2)38)47-37(46-21)27(18)33(7)13-14-36-17-35(36)12-11-24(44-29-26(41)25(40)20(39)16-43-29)31(3,4)22(35)9-10-23(36)34(33,8)30(37)42/h18,20-30,39-42H,9-17H2,1-8H3/t18-,20-,21+,22+,23+,24+,25+,26-,27-,28+,29+,30+,33-,34-,35-,36-,37+/m1/s1. The fourth-order valence-electron chi connectivity index (χ4n) is 14.4. The Hall–Kier alpha value is -0.850. The van der Waals surface area contributed by atoms with Crippen LogP contribution in [0, 0.1) is 50.7 Å². The highest BCUT2D eigenvalue weighted by Gasteiger charge is 2.88. The average molecular weight is 663 g/mol. The van der Waals surface area contributed by atoms with E-state index in [0.29, 0.717) is 11.8 Å². The Labute approximate surface area is 279 Å². The lowest BCUT2D eigenvalue weighted by Crippen LogP contribution is -2.61. The summed E-state index contributed by atoms with van der Waals surface area (Å²) in [6.07, 6.45) is 1.72. The molecule has 3 heterocycles. The normalized spacial score (nSPS) is 58.8. The lowest BCUT2D eigenvalue weighted by Gasteiger charge is -2.63. The van der Waals surface area contributed by atoms with Crippen molar-refractivity contribution in [2.45, 2.75) is 167 Å². The quantitative estimate of drug-likeness (QED) is 0.260. The number of esters is 1. The molecule has 3 spiro atoms. The van der Waals surface area contributed by atoms with Crippen LogP contribution in [0.1, 0.15) is 107 Å². The Kier molecular flexibility index (Phi) is 7.03. The summed E-state index contributed by atoms with van der Waals surface area (Å²) in [5, 5.41) is 43.7. The summed E-state index contributed by atoms with van der Waals surface area (Å²) >= 11 is 0. The van der Waals surface area contributed by atoms with E-state index in [1.807, 2.05) is 13.8 Å². The van der Waals surface area contributed by atoms with Gasteiger partial charge in [0.2, 0.25) is 0 Å². The molecule has 8 aliphatic rings. The number of hydrogen-bond donors (Lipinski definition) is 4. The number of aliphatic hydroxyl groups is 4. The molecule has 266 valence electrons. The number of carbonyl (C=O) groups is 1. The van der Waals surface area contributed by atoms with Crippen molar-refractivity contribution in [3.05, 3.63) is 0 Å². The summed E-state index contributed by atoms with van der Waals surface area (Å²) < 4.78 is 31.9. The van der Waals surface area contributed by atoms with Gasteiger partial charge < -0.3 is 44.1 Å². The molecular formula is C37H58O10. The van der Waals surface area contributed by atoms with Gasteiger partial charge in [-0.3, -0.25) is 4.79 Å². The van der Waals surface area contributed by atoms with Crippen molar-refractivity contribution >= 4 is 5.97 Å². The molecule has 8 rings (SSSR count). The van der Waals surface area contributed by atoms with Gasteiger partial charge >= 0.3 is 5.97 Å². The van der Waals surface area contributed by atoms with Crippen LogP contribution in [0.25, 0.3) is 0 Å². The van der Waals surface area contributed by atoms with Crippen LogP contribution in [-0.4, -0.2) is 93.4 Å². The fraction of sp³-hybridized carbons (Fsp3) is 0.973. The summed E-state index contributed by atoms with van der Waals surface area (Å²) in [4.78, 5) is 12.1. The third-order valence-electron chi connectivity index (χ3n) is 16.3. The maximum absolute atomic E-state index is 12.8. The van der Waals surface area contributed by atoms with Gasteiger partial charge in [0.25, 0.3) is 0 Å². The maximum atomic E-state index is 12.8. The minimum Gasteiger partial charge on any atom is -0.457 e. The molecular weight excluding hydrogens is 604 g/mol. The molecule has 0 aromatic rings. The molecule has 17 atom stereocenters. The molecule has 10 nitrogen and oxygen atoms in total. The van der Waals surface area contributed by atoms with Crippen LogP contribution < -0.4 is 0 Å². The summed E-state index contributed by atoms with van der Waals surface area (Å²) in [6.45, 7) is 16.8. The Balaban J connectivity index is 1.09. The van der Waals surface area contributed by atoms with E-state index in [-0.39, 0.29) is 58.3 Å². The first-order valence-electron chi connectivity index (χ1n) is 18.4. The third-order valence-corrected chi connectivity index (χ3v) is 16.3. The minimum atomic E-state index is -1.29. The molecule has 0 aromatic heterocycles. The predicted molar refractivity (Wildman–Crippen MR) is 168 cm³/mol. The molecule has 5 aliphatic carbocycles. The Morgan fingerprint density at radius 2 is 1.57 bits per heavy atom. The molecule has 8 fully saturated rings. The van der Waals surface area contributed by atoms with E-state index >= 15 is 0 Å². The Morgan fingerprint density at radius 1 is 0.894 bits per heavy atom. The number of fused-ring (bicyclic) bond motifs is 4. The monoisotopic (exact) mass is 662 g/mol. The highest BCUT2D eigenvalue weighted by atomic mass is 16.8. The summed E-state index contributed by atoms with van der Waals surface area (Å²) in [6, 6.07) is 0. The third kappa shape index (κ3) is 3.88. The van der Waals surface area contributed by atoms with E-state index in [9.17, 15) is 25.2 Å². The molecule has 3 aliphatic heterocycles. The van der Waals surface area contributed by atoms with Gasteiger partial charge in [-0.2, -0.15) is 0 Å². The lowest BCUT2D eigenvalue weighted by molar-refractivity contribution is -0.303. The summed E-state index contributed by atoms with van der Waals surface area (Å²) in [5.74, 6) is -0.402. The first-order chi connectivity index (χ1) is 21.8. The Bertz CT molecular complexity index is 1320.